The summed E-state index contributed by atoms with van der Waals surface area (Å²) in [6.45, 7) is 5.08. The molecule has 0 aliphatic carbocycles. The maximum Gasteiger partial charge on any atom is 0.157 e. The standard InChI is InChI=1S/C11H17N3S2/c1-3-8-7-15-11(14-8)13-6-10-12-5-9(4-2)16-10/h5,8H,3-4,6-7H2,1-2H3,(H,13,14). The number of thioether (sulfide) groups is 1. The van der Waals surface area contributed by atoms with Gasteiger partial charge in [-0.3, -0.25) is 4.99 Å². The molecule has 1 unspecified atom stereocenters. The number of aromatic nitrogens is 1. The van der Waals surface area contributed by atoms with E-state index in [1.54, 1.807) is 11.3 Å². The molecule has 1 N–H and O–H groups in total. The Morgan fingerprint density at radius 2 is 2.44 bits per heavy atom. The number of aryl methyl sites for hydroxylation is 1. The van der Waals surface area contributed by atoms with Crippen LogP contribution < -0.4 is 5.32 Å². The lowest BCUT2D eigenvalue weighted by Gasteiger charge is -2.04. The second kappa shape index (κ2) is 5.68. The van der Waals surface area contributed by atoms with Crippen LogP contribution in [0, 0.1) is 0 Å². The van der Waals surface area contributed by atoms with Gasteiger partial charge in [0.2, 0.25) is 0 Å². The van der Waals surface area contributed by atoms with Gasteiger partial charge in [-0.15, -0.1) is 11.3 Å². The summed E-state index contributed by atoms with van der Waals surface area (Å²) in [5.74, 6) is 1.15. The van der Waals surface area contributed by atoms with Gasteiger partial charge in [-0.1, -0.05) is 25.6 Å². The molecular weight excluding hydrogens is 238 g/mol. The summed E-state index contributed by atoms with van der Waals surface area (Å²) in [7, 11) is 0. The molecule has 0 saturated carbocycles. The van der Waals surface area contributed by atoms with Crippen LogP contribution in [0.4, 0.5) is 0 Å². The maximum atomic E-state index is 4.56. The molecule has 1 aliphatic heterocycles. The first kappa shape index (κ1) is 11.9. The fourth-order valence-corrected chi connectivity index (χ4v) is 3.34. The minimum Gasteiger partial charge on any atom is -0.361 e. The van der Waals surface area contributed by atoms with Gasteiger partial charge in [-0.25, -0.2) is 4.98 Å². The Morgan fingerprint density at radius 1 is 1.56 bits per heavy atom. The Kier molecular flexibility index (Phi) is 4.23. The van der Waals surface area contributed by atoms with Crippen molar-refractivity contribution < 1.29 is 0 Å². The molecule has 5 heteroatoms. The molecule has 1 aromatic rings. The summed E-state index contributed by atoms with van der Waals surface area (Å²) in [5, 5.41) is 5.62. The third-order valence-electron chi connectivity index (χ3n) is 2.55. The highest BCUT2D eigenvalue weighted by Gasteiger charge is 2.17. The molecule has 1 atom stereocenters. The molecular formula is C11H17N3S2. The van der Waals surface area contributed by atoms with Crippen molar-refractivity contribution >= 4 is 28.3 Å². The van der Waals surface area contributed by atoms with Crippen LogP contribution in [0.25, 0.3) is 0 Å². The second-order valence-corrected chi connectivity index (χ2v) is 5.96. The summed E-state index contributed by atoms with van der Waals surface area (Å²) < 4.78 is 0. The maximum absolute atomic E-state index is 4.56. The first-order valence-electron chi connectivity index (χ1n) is 5.69. The monoisotopic (exact) mass is 255 g/mol. The molecule has 1 aromatic heterocycles. The van der Waals surface area contributed by atoms with Crippen LogP contribution in [0.2, 0.25) is 0 Å². The number of hydrogen-bond acceptors (Lipinski definition) is 4. The van der Waals surface area contributed by atoms with Gasteiger partial charge >= 0.3 is 0 Å². The molecule has 0 bridgehead atoms. The van der Waals surface area contributed by atoms with Crippen molar-refractivity contribution in [2.45, 2.75) is 39.3 Å². The molecule has 3 nitrogen and oxygen atoms in total. The number of rotatable bonds is 4. The minimum atomic E-state index is 0.603. The van der Waals surface area contributed by atoms with Gasteiger partial charge in [0, 0.05) is 22.9 Å². The Labute approximate surface area is 105 Å². The van der Waals surface area contributed by atoms with E-state index in [4.69, 9.17) is 0 Å². The first-order chi connectivity index (χ1) is 7.81. The topological polar surface area (TPSA) is 37.3 Å². The normalized spacial score (nSPS) is 22.6. The van der Waals surface area contributed by atoms with Crippen molar-refractivity contribution in [1.29, 1.82) is 0 Å². The van der Waals surface area contributed by atoms with E-state index >= 15 is 0 Å². The molecule has 2 rings (SSSR count). The van der Waals surface area contributed by atoms with Gasteiger partial charge in [0.15, 0.2) is 5.17 Å². The van der Waals surface area contributed by atoms with Crippen molar-refractivity contribution in [2.75, 3.05) is 5.75 Å². The van der Waals surface area contributed by atoms with E-state index in [1.807, 2.05) is 18.0 Å². The van der Waals surface area contributed by atoms with E-state index < -0.39 is 0 Å². The van der Waals surface area contributed by atoms with E-state index in [0.717, 1.165) is 28.9 Å². The molecule has 1 fully saturated rings. The van der Waals surface area contributed by atoms with E-state index in [1.165, 1.54) is 11.3 Å². The van der Waals surface area contributed by atoms with Gasteiger partial charge in [-0.05, 0) is 12.8 Å². The summed E-state index contributed by atoms with van der Waals surface area (Å²) in [6, 6.07) is 0.603. The lowest BCUT2D eigenvalue weighted by molar-refractivity contribution is 0.667. The molecule has 2 heterocycles. The molecule has 1 saturated heterocycles. The summed E-state index contributed by atoms with van der Waals surface area (Å²) in [5.41, 5.74) is 0. The van der Waals surface area contributed by atoms with E-state index in [2.05, 4.69) is 29.1 Å². The molecule has 16 heavy (non-hydrogen) atoms. The van der Waals surface area contributed by atoms with Gasteiger partial charge in [0.05, 0.1) is 6.54 Å². The molecule has 88 valence electrons. The smallest absolute Gasteiger partial charge is 0.157 e. The Morgan fingerprint density at radius 3 is 3.06 bits per heavy atom. The highest BCUT2D eigenvalue weighted by Crippen LogP contribution is 2.18. The molecule has 0 spiro atoms. The van der Waals surface area contributed by atoms with Crippen LogP contribution in [0.15, 0.2) is 11.2 Å². The van der Waals surface area contributed by atoms with Crippen molar-refractivity contribution in [3.8, 4) is 0 Å². The zero-order valence-corrected chi connectivity index (χ0v) is 11.3. The van der Waals surface area contributed by atoms with Gasteiger partial charge in [0.1, 0.15) is 5.01 Å². The van der Waals surface area contributed by atoms with Gasteiger partial charge in [-0.2, -0.15) is 0 Å². The summed E-state index contributed by atoms with van der Waals surface area (Å²) in [6.07, 6.45) is 4.20. The number of thiazole rings is 1. The second-order valence-electron chi connectivity index (χ2n) is 3.76. The van der Waals surface area contributed by atoms with Crippen molar-refractivity contribution in [1.82, 2.24) is 10.3 Å². The number of hydrogen-bond donors (Lipinski definition) is 1. The fourth-order valence-electron chi connectivity index (χ4n) is 1.47. The van der Waals surface area contributed by atoms with Crippen molar-refractivity contribution in [3.63, 3.8) is 0 Å². The Balaban J connectivity index is 1.89. The first-order valence-corrected chi connectivity index (χ1v) is 7.49. The number of aliphatic imine (C=N–C) groups is 1. The Hall–Kier alpha value is -0.550. The van der Waals surface area contributed by atoms with Crippen LogP contribution in [0.3, 0.4) is 0 Å². The molecule has 0 radical (unpaired) electrons. The third-order valence-corrected chi connectivity index (χ3v) is 4.77. The fraction of sp³-hybridized carbons (Fsp3) is 0.636. The zero-order valence-electron chi connectivity index (χ0n) is 9.69. The summed E-state index contributed by atoms with van der Waals surface area (Å²) in [4.78, 5) is 10.3. The highest BCUT2D eigenvalue weighted by atomic mass is 32.2. The number of nitrogens with zero attached hydrogens (tertiary/aromatic N) is 2. The van der Waals surface area contributed by atoms with Crippen LogP contribution in [0.1, 0.15) is 30.2 Å². The van der Waals surface area contributed by atoms with Crippen LogP contribution in [0.5, 0.6) is 0 Å². The van der Waals surface area contributed by atoms with Crippen molar-refractivity contribution in [3.05, 3.63) is 16.1 Å². The quantitative estimate of drug-likeness (QED) is 0.899. The largest absolute Gasteiger partial charge is 0.361 e. The predicted molar refractivity (Wildman–Crippen MR) is 72.3 cm³/mol. The number of amidine groups is 1. The average molecular weight is 255 g/mol. The van der Waals surface area contributed by atoms with Gasteiger partial charge < -0.3 is 5.32 Å². The van der Waals surface area contributed by atoms with Crippen LogP contribution >= 0.6 is 23.1 Å². The zero-order chi connectivity index (χ0) is 11.4. The predicted octanol–water partition coefficient (Wildman–Crippen LogP) is 2.68. The van der Waals surface area contributed by atoms with Crippen LogP contribution in [-0.4, -0.2) is 21.9 Å². The van der Waals surface area contributed by atoms with Gasteiger partial charge in [0.25, 0.3) is 0 Å². The molecule has 1 aliphatic rings. The molecule has 0 aromatic carbocycles. The molecule has 0 amide bonds. The van der Waals surface area contributed by atoms with Crippen molar-refractivity contribution in [2.24, 2.45) is 4.99 Å². The highest BCUT2D eigenvalue weighted by molar-refractivity contribution is 8.14. The SMILES string of the molecule is CCc1cnc(CN=C2NC(CC)CS2)s1. The summed E-state index contributed by atoms with van der Waals surface area (Å²) >= 11 is 3.59. The average Bonchev–Trinajstić information content (AvgIpc) is 2.95. The van der Waals surface area contributed by atoms with Crippen LogP contribution in [-0.2, 0) is 13.0 Å². The van der Waals surface area contributed by atoms with E-state index in [9.17, 15) is 0 Å². The third kappa shape index (κ3) is 2.98. The lowest BCUT2D eigenvalue weighted by Crippen LogP contribution is -2.25. The minimum absolute atomic E-state index is 0.603. The number of nitrogens with one attached hydrogen (secondary N) is 1. The Bertz CT molecular complexity index is 373. The lowest BCUT2D eigenvalue weighted by atomic mass is 10.3. The van der Waals surface area contributed by atoms with E-state index in [0.29, 0.717) is 6.04 Å². The van der Waals surface area contributed by atoms with E-state index in [-0.39, 0.29) is 0 Å².